The molecule has 1 aliphatic rings. The second-order valence-electron chi connectivity index (χ2n) is 6.74. The molecule has 3 N–H and O–H groups in total. The first-order chi connectivity index (χ1) is 9.91. The van der Waals surface area contributed by atoms with Gasteiger partial charge >= 0.3 is 0 Å². The lowest BCUT2D eigenvalue weighted by Crippen LogP contribution is -2.34. The monoisotopic (exact) mass is 294 g/mol. The number of ether oxygens (including phenoxy) is 2. The third-order valence-corrected chi connectivity index (χ3v) is 3.80. The van der Waals surface area contributed by atoms with Gasteiger partial charge in [-0.05, 0) is 30.6 Å². The average Bonchev–Trinajstić information content (AvgIpc) is 2.36. The minimum Gasteiger partial charge on any atom is -0.474 e. The van der Waals surface area contributed by atoms with Crippen molar-refractivity contribution in [2.45, 2.75) is 52.7 Å². The number of nitrogens with two attached hydrogens (primary N) is 1. The minimum atomic E-state index is 0.180. The first-order valence-electron chi connectivity index (χ1n) is 7.42. The van der Waals surface area contributed by atoms with Gasteiger partial charge in [-0.1, -0.05) is 20.8 Å². The topological polar surface area (TPSA) is 82.3 Å². The number of aromatic nitrogens is 2. The van der Waals surface area contributed by atoms with E-state index in [4.69, 9.17) is 15.3 Å². The Labute approximate surface area is 126 Å². The Morgan fingerprint density at radius 2 is 2.14 bits per heavy atom. The van der Waals surface area contributed by atoms with Crippen molar-refractivity contribution in [2.24, 2.45) is 17.2 Å². The Hall–Kier alpha value is -1.40. The standard InChI is InChI=1S/C15H26N4O2/c1-10-5-11(8-15(2,3)7-10)21-14-6-12(19-16)17-13(18-14)9-20-4/h6,10-11H,5,7-9,16H2,1-4H3,(H,17,18,19). The van der Waals surface area contributed by atoms with Crippen LogP contribution in [0.2, 0.25) is 0 Å². The molecule has 0 aliphatic heterocycles. The highest BCUT2D eigenvalue weighted by atomic mass is 16.5. The molecule has 6 heteroatoms. The molecule has 1 heterocycles. The minimum absolute atomic E-state index is 0.180. The first-order valence-corrected chi connectivity index (χ1v) is 7.42. The lowest BCUT2D eigenvalue weighted by Gasteiger charge is -2.38. The normalized spacial score (nSPS) is 24.6. The first kappa shape index (κ1) is 16.0. The Balaban J connectivity index is 2.12. The molecule has 1 fully saturated rings. The molecule has 6 nitrogen and oxygen atoms in total. The van der Waals surface area contributed by atoms with Crippen molar-refractivity contribution in [1.29, 1.82) is 0 Å². The van der Waals surface area contributed by atoms with Crippen LogP contribution in [0.25, 0.3) is 0 Å². The third-order valence-electron chi connectivity index (χ3n) is 3.80. The summed E-state index contributed by atoms with van der Waals surface area (Å²) in [7, 11) is 1.61. The van der Waals surface area contributed by atoms with Gasteiger partial charge in [-0.15, -0.1) is 0 Å². The van der Waals surface area contributed by atoms with Crippen molar-refractivity contribution < 1.29 is 9.47 Å². The van der Waals surface area contributed by atoms with E-state index in [1.54, 1.807) is 13.2 Å². The predicted octanol–water partition coefficient (Wildman–Crippen LogP) is 2.50. The van der Waals surface area contributed by atoms with E-state index in [2.05, 4.69) is 36.2 Å². The second-order valence-corrected chi connectivity index (χ2v) is 6.74. The fraction of sp³-hybridized carbons (Fsp3) is 0.733. The summed E-state index contributed by atoms with van der Waals surface area (Å²) in [6, 6.07) is 1.73. The van der Waals surface area contributed by atoms with Gasteiger partial charge in [0.15, 0.2) is 5.82 Å². The number of hydrogen-bond acceptors (Lipinski definition) is 6. The molecule has 2 unspecified atom stereocenters. The van der Waals surface area contributed by atoms with E-state index >= 15 is 0 Å². The van der Waals surface area contributed by atoms with Crippen molar-refractivity contribution in [1.82, 2.24) is 9.97 Å². The van der Waals surface area contributed by atoms with Crippen LogP contribution in [0.4, 0.5) is 5.82 Å². The van der Waals surface area contributed by atoms with E-state index in [-0.39, 0.29) is 6.10 Å². The molecule has 21 heavy (non-hydrogen) atoms. The van der Waals surface area contributed by atoms with Gasteiger partial charge in [-0.3, -0.25) is 0 Å². The van der Waals surface area contributed by atoms with Crippen LogP contribution in [0.3, 0.4) is 0 Å². The second kappa shape index (κ2) is 6.58. The Kier molecular flexibility index (Phi) is 5.00. The molecular weight excluding hydrogens is 268 g/mol. The maximum absolute atomic E-state index is 6.09. The lowest BCUT2D eigenvalue weighted by atomic mass is 9.71. The highest BCUT2D eigenvalue weighted by molar-refractivity contribution is 5.37. The Bertz CT molecular complexity index is 479. The summed E-state index contributed by atoms with van der Waals surface area (Å²) in [5, 5.41) is 0. The maximum atomic E-state index is 6.09. The van der Waals surface area contributed by atoms with Crippen LogP contribution < -0.4 is 16.0 Å². The summed E-state index contributed by atoms with van der Waals surface area (Å²) in [5.41, 5.74) is 2.85. The van der Waals surface area contributed by atoms with Crippen LogP contribution >= 0.6 is 0 Å². The van der Waals surface area contributed by atoms with Crippen LogP contribution in [0.1, 0.15) is 45.9 Å². The molecule has 118 valence electrons. The number of nitrogens with zero attached hydrogens (tertiary/aromatic N) is 2. The zero-order chi connectivity index (χ0) is 15.5. The average molecular weight is 294 g/mol. The van der Waals surface area contributed by atoms with Gasteiger partial charge < -0.3 is 14.9 Å². The van der Waals surface area contributed by atoms with Crippen LogP contribution in [-0.2, 0) is 11.3 Å². The molecular formula is C15H26N4O2. The van der Waals surface area contributed by atoms with Crippen molar-refractivity contribution in [3.63, 3.8) is 0 Å². The van der Waals surface area contributed by atoms with Gasteiger partial charge in [-0.25, -0.2) is 10.8 Å². The molecule has 0 aromatic carbocycles. The lowest BCUT2D eigenvalue weighted by molar-refractivity contribution is 0.0527. The number of hydrazine groups is 1. The number of hydrogen-bond donors (Lipinski definition) is 2. The van der Waals surface area contributed by atoms with Crippen LogP contribution in [-0.4, -0.2) is 23.2 Å². The largest absolute Gasteiger partial charge is 0.474 e. The molecule has 0 amide bonds. The molecule has 1 saturated carbocycles. The number of methoxy groups -OCH3 is 1. The van der Waals surface area contributed by atoms with E-state index in [1.807, 2.05) is 0 Å². The van der Waals surface area contributed by atoms with Crippen molar-refractivity contribution >= 4 is 5.82 Å². The smallest absolute Gasteiger partial charge is 0.219 e. The highest BCUT2D eigenvalue weighted by Gasteiger charge is 2.33. The molecule has 1 aromatic heterocycles. The molecule has 0 bridgehead atoms. The van der Waals surface area contributed by atoms with Gasteiger partial charge in [0.05, 0.1) is 0 Å². The Morgan fingerprint density at radius 3 is 2.76 bits per heavy atom. The summed E-state index contributed by atoms with van der Waals surface area (Å²) in [4.78, 5) is 8.61. The van der Waals surface area contributed by atoms with E-state index < -0.39 is 0 Å². The van der Waals surface area contributed by atoms with Crippen molar-refractivity contribution in [3.8, 4) is 5.88 Å². The van der Waals surface area contributed by atoms with Gasteiger partial charge in [-0.2, -0.15) is 4.98 Å². The quantitative estimate of drug-likeness (QED) is 0.641. The summed E-state index contributed by atoms with van der Waals surface area (Å²) >= 11 is 0. The summed E-state index contributed by atoms with van der Waals surface area (Å²) < 4.78 is 11.2. The van der Waals surface area contributed by atoms with Crippen LogP contribution in [0.5, 0.6) is 5.88 Å². The zero-order valence-corrected chi connectivity index (χ0v) is 13.3. The Morgan fingerprint density at radius 1 is 1.38 bits per heavy atom. The van der Waals surface area contributed by atoms with Crippen LogP contribution in [0, 0.1) is 11.3 Å². The molecule has 0 spiro atoms. The van der Waals surface area contributed by atoms with E-state index in [9.17, 15) is 0 Å². The van der Waals surface area contributed by atoms with Crippen LogP contribution in [0.15, 0.2) is 6.07 Å². The SMILES string of the molecule is COCc1nc(NN)cc(OC2CC(C)CC(C)(C)C2)n1. The molecule has 2 rings (SSSR count). The zero-order valence-electron chi connectivity index (χ0n) is 13.3. The fourth-order valence-electron chi connectivity index (χ4n) is 3.32. The summed E-state index contributed by atoms with van der Waals surface area (Å²) in [5.74, 6) is 7.76. The van der Waals surface area contributed by atoms with Gasteiger partial charge in [0.2, 0.25) is 5.88 Å². The number of nitrogens with one attached hydrogen (secondary N) is 1. The molecule has 1 aliphatic carbocycles. The molecule has 1 aromatic rings. The maximum Gasteiger partial charge on any atom is 0.219 e. The van der Waals surface area contributed by atoms with Crippen molar-refractivity contribution in [2.75, 3.05) is 12.5 Å². The predicted molar refractivity (Wildman–Crippen MR) is 81.8 cm³/mol. The fourth-order valence-corrected chi connectivity index (χ4v) is 3.32. The number of nitrogen functional groups attached to an aromatic ring is 1. The van der Waals surface area contributed by atoms with E-state index in [0.29, 0.717) is 35.5 Å². The summed E-state index contributed by atoms with van der Waals surface area (Å²) in [6.45, 7) is 7.20. The van der Waals surface area contributed by atoms with E-state index in [0.717, 1.165) is 12.8 Å². The van der Waals surface area contributed by atoms with Gasteiger partial charge in [0.25, 0.3) is 0 Å². The third kappa shape index (κ3) is 4.54. The van der Waals surface area contributed by atoms with E-state index in [1.165, 1.54) is 6.42 Å². The molecule has 2 atom stereocenters. The van der Waals surface area contributed by atoms with Gasteiger partial charge in [0, 0.05) is 13.2 Å². The van der Waals surface area contributed by atoms with Gasteiger partial charge in [0.1, 0.15) is 18.5 Å². The number of anilines is 1. The molecule has 0 saturated heterocycles. The van der Waals surface area contributed by atoms with Crippen molar-refractivity contribution in [3.05, 3.63) is 11.9 Å². The molecule has 0 radical (unpaired) electrons. The number of rotatable bonds is 5. The highest BCUT2D eigenvalue weighted by Crippen LogP contribution is 2.39. The summed E-state index contributed by atoms with van der Waals surface area (Å²) in [6.07, 6.45) is 3.51.